The highest BCUT2D eigenvalue weighted by Crippen LogP contribution is 2.51. The van der Waals surface area contributed by atoms with Crippen LogP contribution in [0.1, 0.15) is 118 Å². The van der Waals surface area contributed by atoms with Gasteiger partial charge >= 0.3 is 0 Å². The second kappa shape index (κ2) is 17.1. The van der Waals surface area contributed by atoms with Crippen molar-refractivity contribution in [1.29, 1.82) is 0 Å². The van der Waals surface area contributed by atoms with Gasteiger partial charge in [0.15, 0.2) is 0 Å². The number of benzene rings is 9. The van der Waals surface area contributed by atoms with Crippen molar-refractivity contribution in [1.82, 2.24) is 4.57 Å². The van der Waals surface area contributed by atoms with Crippen LogP contribution in [-0.2, 0) is 16.2 Å². The molecule has 0 atom stereocenters. The SMILES string of the molecule is Cc1cc2c3c(c1)N(c1c(C)cc(C(C)(C)C)cc1C)c1cc4c(cc1B3c1cc(C(C)(C)C)ccc1N2c1c(C)cc(-c2cccc3c2oc2ccccc23)cc1C)c1ccc(C(C)(C)C)cc1n4-c1c(C)cccc1C. The van der Waals surface area contributed by atoms with E-state index in [1.807, 2.05) is 0 Å². The molecule has 0 radical (unpaired) electrons. The Morgan fingerprint density at radius 1 is 0.385 bits per heavy atom. The van der Waals surface area contributed by atoms with Crippen LogP contribution < -0.4 is 26.2 Å². The topological polar surface area (TPSA) is 24.6 Å². The number of aromatic nitrogens is 1. The van der Waals surface area contributed by atoms with Crippen LogP contribution in [0.25, 0.3) is 60.6 Å². The van der Waals surface area contributed by atoms with Gasteiger partial charge in [-0.05, 0) is 191 Å². The zero-order valence-electron chi connectivity index (χ0n) is 48.7. The molecule has 0 bridgehead atoms. The molecule has 0 spiro atoms. The van der Waals surface area contributed by atoms with Gasteiger partial charge in [-0.1, -0.05) is 159 Å². The average Bonchev–Trinajstić information content (AvgIpc) is 2.90. The van der Waals surface area contributed by atoms with Crippen molar-refractivity contribution >= 4 is 101 Å². The minimum atomic E-state index is -0.0818. The summed E-state index contributed by atoms with van der Waals surface area (Å²) >= 11 is 0. The molecule has 4 nitrogen and oxygen atoms in total. The molecule has 4 heterocycles. The molecule has 11 aromatic rings. The monoisotopic (exact) mass is 1020 g/mol. The van der Waals surface area contributed by atoms with E-state index < -0.39 is 0 Å². The molecule has 2 aliphatic heterocycles. The zero-order chi connectivity index (χ0) is 54.8. The van der Waals surface area contributed by atoms with E-state index in [1.165, 1.54) is 134 Å². The molecule has 13 rings (SSSR count). The number of rotatable bonds is 4. The quantitative estimate of drug-likeness (QED) is 0.164. The van der Waals surface area contributed by atoms with Crippen molar-refractivity contribution in [2.45, 2.75) is 127 Å². The average molecular weight is 1020 g/mol. The molecule has 5 heteroatoms. The molecule has 2 aromatic heterocycles. The lowest BCUT2D eigenvalue weighted by Gasteiger charge is -2.46. The first kappa shape index (κ1) is 49.8. The Kier molecular flexibility index (Phi) is 10.9. The van der Waals surface area contributed by atoms with E-state index in [0.29, 0.717) is 0 Å². The van der Waals surface area contributed by atoms with Gasteiger partial charge in [0.1, 0.15) is 11.2 Å². The third-order valence-electron chi connectivity index (χ3n) is 17.5. The lowest BCUT2D eigenvalue weighted by molar-refractivity contribution is 0.589. The Morgan fingerprint density at radius 3 is 1.56 bits per heavy atom. The molecule has 0 aliphatic carbocycles. The lowest BCUT2D eigenvalue weighted by atomic mass is 9.33. The van der Waals surface area contributed by atoms with Crippen LogP contribution in [0.3, 0.4) is 0 Å². The van der Waals surface area contributed by atoms with Gasteiger partial charge in [0.2, 0.25) is 0 Å². The fraction of sp³-hybridized carbons (Fsp3) is 0.260. The van der Waals surface area contributed by atoms with Crippen LogP contribution in [0.5, 0.6) is 0 Å². The molecule has 388 valence electrons. The van der Waals surface area contributed by atoms with E-state index in [9.17, 15) is 0 Å². The van der Waals surface area contributed by atoms with E-state index in [2.05, 4.69) is 271 Å². The van der Waals surface area contributed by atoms with E-state index in [1.54, 1.807) is 0 Å². The molecule has 0 unspecified atom stereocenters. The van der Waals surface area contributed by atoms with Crippen LogP contribution >= 0.6 is 0 Å². The predicted octanol–water partition coefficient (Wildman–Crippen LogP) is 18.5. The van der Waals surface area contributed by atoms with Gasteiger partial charge in [-0.25, -0.2) is 0 Å². The zero-order valence-corrected chi connectivity index (χ0v) is 48.7. The van der Waals surface area contributed by atoms with Crippen molar-refractivity contribution in [3.05, 3.63) is 201 Å². The number of aryl methyl sites for hydroxylation is 7. The minimum Gasteiger partial charge on any atom is -0.455 e. The smallest absolute Gasteiger partial charge is 0.252 e. The Bertz CT molecular complexity index is 4300. The van der Waals surface area contributed by atoms with E-state index in [-0.39, 0.29) is 23.0 Å². The first-order valence-electron chi connectivity index (χ1n) is 28.2. The first-order valence-corrected chi connectivity index (χ1v) is 28.2. The van der Waals surface area contributed by atoms with Crippen molar-refractivity contribution in [2.75, 3.05) is 9.80 Å². The normalized spacial score (nSPS) is 13.6. The maximum atomic E-state index is 6.65. The van der Waals surface area contributed by atoms with Gasteiger partial charge in [-0.2, -0.15) is 0 Å². The lowest BCUT2D eigenvalue weighted by Crippen LogP contribution is -2.61. The standard InChI is InChI=1S/C73H72BN3O/c1-41-31-63-66-64(32-41)77(69-46(6)35-51(36-47(69)7)73(14,15)16)62-40-61-56(53-29-27-50(72(11,12)13)38-60(53)76(61)67-42(2)21-19-22-43(67)3)39-58(62)74(66)57-37-49(71(8,9)10)28-30-59(57)75(63)68-44(4)33-48(34-45(68)5)52-24-20-25-55-54-23-17-18-26-65(54)78-70(52)55/h17-40H,1-16H3. The van der Waals surface area contributed by atoms with Crippen LogP contribution in [0.15, 0.2) is 150 Å². The van der Waals surface area contributed by atoms with Crippen molar-refractivity contribution in [2.24, 2.45) is 0 Å². The Morgan fingerprint density at radius 2 is 0.923 bits per heavy atom. The number of nitrogens with zero attached hydrogens (tertiary/aromatic N) is 3. The molecular weight excluding hydrogens is 946 g/mol. The van der Waals surface area contributed by atoms with Crippen LogP contribution in [-0.4, -0.2) is 11.3 Å². The number of hydrogen-bond acceptors (Lipinski definition) is 3. The summed E-state index contributed by atoms with van der Waals surface area (Å²) in [4.78, 5) is 5.31. The summed E-state index contributed by atoms with van der Waals surface area (Å²) < 4.78 is 9.25. The number of hydrogen-bond donors (Lipinski definition) is 0. The third kappa shape index (κ3) is 7.47. The number of furan rings is 1. The number of anilines is 6. The maximum Gasteiger partial charge on any atom is 0.252 e. The number of fused-ring (bicyclic) bond motifs is 10. The third-order valence-corrected chi connectivity index (χ3v) is 17.5. The second-order valence-corrected chi connectivity index (χ2v) is 26.3. The van der Waals surface area contributed by atoms with Crippen LogP contribution in [0, 0.1) is 48.5 Å². The van der Waals surface area contributed by atoms with Crippen molar-refractivity contribution in [3.63, 3.8) is 0 Å². The molecule has 9 aromatic carbocycles. The van der Waals surface area contributed by atoms with Gasteiger partial charge in [0, 0.05) is 49.9 Å². The Balaban J connectivity index is 1.14. The molecule has 2 aliphatic rings. The second-order valence-electron chi connectivity index (χ2n) is 26.3. The summed E-state index contributed by atoms with van der Waals surface area (Å²) in [5.41, 5.74) is 31.8. The fourth-order valence-corrected chi connectivity index (χ4v) is 13.6. The Hall–Kier alpha value is -7.76. The van der Waals surface area contributed by atoms with Gasteiger partial charge in [-0.15, -0.1) is 0 Å². The predicted molar refractivity (Wildman–Crippen MR) is 337 cm³/mol. The summed E-state index contributed by atoms with van der Waals surface area (Å²) in [5.74, 6) is 0. The van der Waals surface area contributed by atoms with E-state index in [0.717, 1.165) is 33.1 Å². The highest BCUT2D eigenvalue weighted by Gasteiger charge is 2.45. The van der Waals surface area contributed by atoms with E-state index in [4.69, 9.17) is 4.42 Å². The molecule has 0 saturated heterocycles. The van der Waals surface area contributed by atoms with Gasteiger partial charge < -0.3 is 18.8 Å². The Labute approximate surface area is 462 Å². The molecular formula is C73H72BN3O. The summed E-state index contributed by atoms with van der Waals surface area (Å²) in [7, 11) is 0. The highest BCUT2D eigenvalue weighted by atomic mass is 16.3. The minimum absolute atomic E-state index is 0.00924. The summed E-state index contributed by atoms with van der Waals surface area (Å²) in [6, 6.07) is 56.2. The molecule has 0 saturated carbocycles. The molecule has 0 fully saturated rings. The van der Waals surface area contributed by atoms with Crippen molar-refractivity contribution in [3.8, 4) is 16.8 Å². The first-order chi connectivity index (χ1) is 37.0. The maximum absolute atomic E-state index is 6.65. The van der Waals surface area contributed by atoms with Crippen molar-refractivity contribution < 1.29 is 4.42 Å². The molecule has 0 N–H and O–H groups in total. The summed E-state index contributed by atoms with van der Waals surface area (Å²) in [5, 5.41) is 4.84. The van der Waals surface area contributed by atoms with Crippen LogP contribution in [0.2, 0.25) is 0 Å². The highest BCUT2D eigenvalue weighted by molar-refractivity contribution is 7.00. The van der Waals surface area contributed by atoms with E-state index >= 15 is 0 Å². The van der Waals surface area contributed by atoms with Gasteiger partial charge in [0.05, 0.1) is 28.1 Å². The summed E-state index contributed by atoms with van der Waals surface area (Å²) in [6.45, 7) is 37.1. The molecule has 78 heavy (non-hydrogen) atoms. The van der Waals surface area contributed by atoms with Gasteiger partial charge in [-0.3, -0.25) is 0 Å². The van der Waals surface area contributed by atoms with Crippen LogP contribution in [0.4, 0.5) is 34.1 Å². The fourth-order valence-electron chi connectivity index (χ4n) is 13.6. The number of para-hydroxylation sites is 3. The molecule has 0 amide bonds. The van der Waals surface area contributed by atoms with Gasteiger partial charge in [0.25, 0.3) is 6.71 Å². The largest absolute Gasteiger partial charge is 0.455 e. The summed E-state index contributed by atoms with van der Waals surface area (Å²) in [6.07, 6.45) is 0.